The van der Waals surface area contributed by atoms with Crippen molar-refractivity contribution < 1.29 is 18.0 Å². The molecule has 1 aliphatic heterocycles. The Labute approximate surface area is 104 Å². The lowest BCUT2D eigenvalue weighted by Gasteiger charge is -2.30. The van der Waals surface area contributed by atoms with E-state index >= 15 is 0 Å². The van der Waals surface area contributed by atoms with E-state index in [4.69, 9.17) is 0 Å². The summed E-state index contributed by atoms with van der Waals surface area (Å²) in [6.45, 7) is 1.52. The Hall–Kier alpha value is -0.820. The third kappa shape index (κ3) is 4.13. The summed E-state index contributed by atoms with van der Waals surface area (Å²) in [5.41, 5.74) is 0. The van der Waals surface area contributed by atoms with Crippen LogP contribution in [0.5, 0.6) is 0 Å². The molecule has 2 rings (SSSR count). The highest BCUT2D eigenvalue weighted by Crippen LogP contribution is 2.29. The molecule has 2 fully saturated rings. The lowest BCUT2D eigenvalue weighted by Crippen LogP contribution is -2.50. The van der Waals surface area contributed by atoms with E-state index in [-0.39, 0.29) is 18.5 Å². The van der Waals surface area contributed by atoms with Gasteiger partial charge in [-0.3, -0.25) is 9.69 Å². The van der Waals surface area contributed by atoms with Gasteiger partial charge >= 0.3 is 6.18 Å². The van der Waals surface area contributed by atoms with E-state index in [1.54, 1.807) is 4.90 Å². The van der Waals surface area contributed by atoms with E-state index in [9.17, 15) is 18.0 Å². The highest BCUT2D eigenvalue weighted by molar-refractivity contribution is 5.78. The molecule has 1 saturated heterocycles. The number of nitrogens with one attached hydrogen (secondary N) is 1. The Balaban J connectivity index is 1.85. The molecule has 4 nitrogen and oxygen atoms in total. The minimum atomic E-state index is -4.23. The molecule has 0 bridgehead atoms. The molecular formula is C11H18F3N3O. The van der Waals surface area contributed by atoms with Gasteiger partial charge < -0.3 is 10.2 Å². The van der Waals surface area contributed by atoms with Gasteiger partial charge in [0.15, 0.2) is 0 Å². The van der Waals surface area contributed by atoms with Crippen molar-refractivity contribution in [2.45, 2.75) is 25.1 Å². The van der Waals surface area contributed by atoms with Crippen LogP contribution in [0.3, 0.4) is 0 Å². The summed E-state index contributed by atoms with van der Waals surface area (Å²) in [4.78, 5) is 14.8. The average molecular weight is 265 g/mol. The SMILES string of the molecule is O=C(CN(CC(F)(F)F)C1CC1)N1CCNCC1. The molecule has 104 valence electrons. The number of piperazine rings is 1. The standard InChI is InChI=1S/C11H18F3N3O/c12-11(13,14)8-17(9-1-2-9)7-10(18)16-5-3-15-4-6-16/h9,15H,1-8H2. The van der Waals surface area contributed by atoms with Crippen LogP contribution in [0.25, 0.3) is 0 Å². The zero-order valence-electron chi connectivity index (χ0n) is 10.2. The highest BCUT2D eigenvalue weighted by atomic mass is 19.4. The Morgan fingerprint density at radius 3 is 2.39 bits per heavy atom. The first-order valence-corrected chi connectivity index (χ1v) is 6.25. The molecule has 1 aliphatic carbocycles. The maximum Gasteiger partial charge on any atom is 0.401 e. The Morgan fingerprint density at radius 2 is 1.89 bits per heavy atom. The molecule has 1 saturated carbocycles. The van der Waals surface area contributed by atoms with Crippen molar-refractivity contribution in [1.82, 2.24) is 15.1 Å². The second-order valence-electron chi connectivity index (χ2n) is 4.88. The van der Waals surface area contributed by atoms with Crippen molar-refractivity contribution in [1.29, 1.82) is 0 Å². The van der Waals surface area contributed by atoms with Crippen molar-refractivity contribution in [2.75, 3.05) is 39.3 Å². The fourth-order valence-corrected chi connectivity index (χ4v) is 2.17. The Kier molecular flexibility index (Phi) is 4.11. The maximum absolute atomic E-state index is 12.4. The summed E-state index contributed by atoms with van der Waals surface area (Å²) in [5.74, 6) is -0.187. The van der Waals surface area contributed by atoms with Crippen molar-refractivity contribution in [2.24, 2.45) is 0 Å². The molecule has 1 N–H and O–H groups in total. The van der Waals surface area contributed by atoms with Gasteiger partial charge in [0.05, 0.1) is 13.1 Å². The molecule has 0 aromatic carbocycles. The van der Waals surface area contributed by atoms with E-state index in [1.165, 1.54) is 4.90 Å². The van der Waals surface area contributed by atoms with Crippen LogP contribution in [0.4, 0.5) is 13.2 Å². The number of amides is 1. The van der Waals surface area contributed by atoms with Crippen LogP contribution in [0, 0.1) is 0 Å². The summed E-state index contributed by atoms with van der Waals surface area (Å²) in [7, 11) is 0. The quantitative estimate of drug-likeness (QED) is 0.801. The molecule has 18 heavy (non-hydrogen) atoms. The number of halogens is 3. The fraction of sp³-hybridized carbons (Fsp3) is 0.909. The van der Waals surface area contributed by atoms with Crippen LogP contribution >= 0.6 is 0 Å². The van der Waals surface area contributed by atoms with E-state index in [0.29, 0.717) is 26.2 Å². The first kappa shape index (κ1) is 13.6. The lowest BCUT2D eigenvalue weighted by molar-refractivity contribution is -0.152. The summed E-state index contributed by atoms with van der Waals surface area (Å²) in [6.07, 6.45) is -2.69. The molecule has 7 heteroatoms. The van der Waals surface area contributed by atoms with Crippen molar-refractivity contribution in [3.63, 3.8) is 0 Å². The molecule has 0 unspecified atom stereocenters. The third-order valence-electron chi connectivity index (χ3n) is 3.25. The van der Waals surface area contributed by atoms with E-state index in [0.717, 1.165) is 12.8 Å². The molecule has 1 heterocycles. The van der Waals surface area contributed by atoms with Gasteiger partial charge in [-0.25, -0.2) is 0 Å². The minimum absolute atomic E-state index is 0.0570. The van der Waals surface area contributed by atoms with Crippen LogP contribution in [0.2, 0.25) is 0 Å². The molecular weight excluding hydrogens is 247 g/mol. The molecule has 1 amide bonds. The van der Waals surface area contributed by atoms with Gasteiger partial charge in [-0.2, -0.15) is 13.2 Å². The summed E-state index contributed by atoms with van der Waals surface area (Å²) in [6, 6.07) is -0.0570. The smallest absolute Gasteiger partial charge is 0.339 e. The molecule has 0 radical (unpaired) electrons. The topological polar surface area (TPSA) is 35.6 Å². The van der Waals surface area contributed by atoms with Gasteiger partial charge in [0.2, 0.25) is 5.91 Å². The predicted molar refractivity (Wildman–Crippen MR) is 60.1 cm³/mol. The Morgan fingerprint density at radius 1 is 1.28 bits per heavy atom. The first-order valence-electron chi connectivity index (χ1n) is 6.25. The zero-order valence-corrected chi connectivity index (χ0v) is 10.2. The number of alkyl halides is 3. The minimum Gasteiger partial charge on any atom is -0.339 e. The van der Waals surface area contributed by atoms with Crippen LogP contribution in [-0.4, -0.2) is 67.2 Å². The number of hydrogen-bond acceptors (Lipinski definition) is 3. The first-order chi connectivity index (χ1) is 8.46. The van der Waals surface area contributed by atoms with Gasteiger partial charge in [-0.1, -0.05) is 0 Å². The van der Waals surface area contributed by atoms with Crippen LogP contribution in [0.15, 0.2) is 0 Å². The third-order valence-corrected chi connectivity index (χ3v) is 3.25. The monoisotopic (exact) mass is 265 g/mol. The second kappa shape index (κ2) is 5.44. The van der Waals surface area contributed by atoms with E-state index in [1.807, 2.05) is 0 Å². The van der Waals surface area contributed by atoms with Crippen molar-refractivity contribution in [3.8, 4) is 0 Å². The van der Waals surface area contributed by atoms with Gasteiger partial charge in [0.25, 0.3) is 0 Å². The van der Waals surface area contributed by atoms with Crippen molar-refractivity contribution >= 4 is 5.91 Å². The summed E-state index contributed by atoms with van der Waals surface area (Å²) in [5, 5.41) is 3.11. The molecule has 2 aliphatic rings. The second-order valence-corrected chi connectivity index (χ2v) is 4.88. The van der Waals surface area contributed by atoms with E-state index in [2.05, 4.69) is 5.32 Å². The number of rotatable bonds is 4. The lowest BCUT2D eigenvalue weighted by atomic mass is 10.3. The average Bonchev–Trinajstić information content (AvgIpc) is 3.11. The largest absolute Gasteiger partial charge is 0.401 e. The fourth-order valence-electron chi connectivity index (χ4n) is 2.17. The van der Waals surface area contributed by atoms with Gasteiger partial charge in [0, 0.05) is 32.2 Å². The molecule has 0 atom stereocenters. The normalized spacial score (nSPS) is 21.4. The zero-order chi connectivity index (χ0) is 13.2. The van der Waals surface area contributed by atoms with Gasteiger partial charge in [-0.05, 0) is 12.8 Å². The molecule has 0 aromatic rings. The maximum atomic E-state index is 12.4. The van der Waals surface area contributed by atoms with Crippen LogP contribution in [-0.2, 0) is 4.79 Å². The number of carbonyl (C=O) groups is 1. The van der Waals surface area contributed by atoms with Gasteiger partial charge in [-0.15, -0.1) is 0 Å². The highest BCUT2D eigenvalue weighted by Gasteiger charge is 2.39. The number of nitrogens with zero attached hydrogens (tertiary/aromatic N) is 2. The predicted octanol–water partition coefficient (Wildman–Crippen LogP) is 0.445. The molecule has 0 spiro atoms. The van der Waals surface area contributed by atoms with Gasteiger partial charge in [0.1, 0.15) is 0 Å². The van der Waals surface area contributed by atoms with Crippen molar-refractivity contribution in [3.05, 3.63) is 0 Å². The number of hydrogen-bond donors (Lipinski definition) is 1. The van der Waals surface area contributed by atoms with E-state index < -0.39 is 12.7 Å². The Bertz CT molecular complexity index is 298. The summed E-state index contributed by atoms with van der Waals surface area (Å²) < 4.78 is 37.2. The number of carbonyl (C=O) groups excluding carboxylic acids is 1. The van der Waals surface area contributed by atoms with Crippen LogP contribution < -0.4 is 5.32 Å². The van der Waals surface area contributed by atoms with Crippen LogP contribution in [0.1, 0.15) is 12.8 Å². The summed E-state index contributed by atoms with van der Waals surface area (Å²) >= 11 is 0. The molecule has 0 aromatic heterocycles.